The Labute approximate surface area is 191 Å². The van der Waals surface area contributed by atoms with Crippen molar-refractivity contribution in [2.45, 2.75) is 149 Å². The van der Waals surface area contributed by atoms with Gasteiger partial charge in [-0.3, -0.25) is 4.79 Å². The summed E-state index contributed by atoms with van der Waals surface area (Å²) < 4.78 is 12.9. The lowest BCUT2D eigenvalue weighted by Crippen LogP contribution is -2.45. The summed E-state index contributed by atoms with van der Waals surface area (Å²) in [5.41, 5.74) is 0. The van der Waals surface area contributed by atoms with Crippen molar-refractivity contribution in [3.63, 3.8) is 0 Å². The van der Waals surface area contributed by atoms with Crippen LogP contribution >= 0.6 is 0 Å². The Morgan fingerprint density at radius 1 is 0.767 bits per heavy atom. The van der Waals surface area contributed by atoms with E-state index in [4.69, 9.17) is 8.85 Å². The van der Waals surface area contributed by atoms with Gasteiger partial charge in [-0.1, -0.05) is 93.4 Å². The first-order valence-electron chi connectivity index (χ1n) is 12.4. The van der Waals surface area contributed by atoms with Crippen LogP contribution in [-0.4, -0.2) is 35.1 Å². The average molecular weight is 459 g/mol. The predicted octanol–water partition coefficient (Wildman–Crippen LogP) is 8.50. The zero-order valence-corrected chi connectivity index (χ0v) is 24.4. The lowest BCUT2D eigenvalue weighted by Gasteiger charge is -2.39. The van der Waals surface area contributed by atoms with Crippen molar-refractivity contribution in [3.05, 3.63) is 0 Å². The molecule has 0 unspecified atom stereocenters. The molecular formula is C25H54O3Si2. The van der Waals surface area contributed by atoms with Gasteiger partial charge in [0.05, 0.1) is 12.7 Å². The lowest BCUT2D eigenvalue weighted by atomic mass is 10.0. The predicted molar refractivity (Wildman–Crippen MR) is 137 cm³/mol. The van der Waals surface area contributed by atoms with E-state index in [-0.39, 0.29) is 28.6 Å². The molecule has 0 fully saturated rings. The highest BCUT2D eigenvalue weighted by Crippen LogP contribution is 2.39. The van der Waals surface area contributed by atoms with Gasteiger partial charge in [0.25, 0.3) is 0 Å². The zero-order valence-electron chi connectivity index (χ0n) is 22.4. The molecule has 30 heavy (non-hydrogen) atoms. The molecule has 3 nitrogen and oxygen atoms in total. The highest BCUT2D eigenvalue weighted by atomic mass is 28.4. The van der Waals surface area contributed by atoms with Gasteiger partial charge in [-0.05, 0) is 42.7 Å². The molecule has 0 N–H and O–H groups in total. The van der Waals surface area contributed by atoms with Crippen LogP contribution in [0.1, 0.15) is 106 Å². The number of hydrogen-bond donors (Lipinski definition) is 0. The molecule has 0 saturated heterocycles. The van der Waals surface area contributed by atoms with Crippen LogP contribution in [0.25, 0.3) is 0 Å². The molecular weight excluding hydrogens is 404 g/mol. The summed E-state index contributed by atoms with van der Waals surface area (Å²) in [5, 5.41) is 0.286. The van der Waals surface area contributed by atoms with Gasteiger partial charge < -0.3 is 8.85 Å². The van der Waals surface area contributed by atoms with Crippen molar-refractivity contribution in [2.75, 3.05) is 6.61 Å². The molecule has 5 heteroatoms. The maximum absolute atomic E-state index is 12.8. The lowest BCUT2D eigenvalue weighted by molar-refractivity contribution is -0.123. The average Bonchev–Trinajstić information content (AvgIpc) is 2.57. The van der Waals surface area contributed by atoms with Crippen LogP contribution in [-0.2, 0) is 13.6 Å². The Bertz CT molecular complexity index is 488. The minimum Gasteiger partial charge on any atom is -0.413 e. The van der Waals surface area contributed by atoms with E-state index in [9.17, 15) is 4.79 Å². The standard InChI is InChI=1S/C25H54O3Si2/c1-12-13-14-15-16-17-18-19-23(28-30(10,11)25(5,6)7)20-22(26)21-27-29(8,9)24(2,3)4/h23H,12-21H2,1-11H3/t23-/m1/s1. The molecule has 0 aromatic heterocycles. The quantitative estimate of drug-likeness (QED) is 0.182. The van der Waals surface area contributed by atoms with Crippen LogP contribution < -0.4 is 0 Å². The third kappa shape index (κ3) is 11.6. The van der Waals surface area contributed by atoms with Crippen molar-refractivity contribution in [1.29, 1.82) is 0 Å². The number of hydrogen-bond acceptors (Lipinski definition) is 3. The number of rotatable bonds is 15. The highest BCUT2D eigenvalue weighted by Gasteiger charge is 2.40. The first kappa shape index (κ1) is 30.0. The largest absolute Gasteiger partial charge is 0.413 e. The Balaban J connectivity index is 4.81. The summed E-state index contributed by atoms with van der Waals surface area (Å²) in [6, 6.07) is 0. The number of ketones is 1. The van der Waals surface area contributed by atoms with Crippen molar-refractivity contribution in [1.82, 2.24) is 0 Å². The summed E-state index contributed by atoms with van der Waals surface area (Å²) in [6.45, 7) is 25.0. The smallest absolute Gasteiger partial charge is 0.192 e. The van der Waals surface area contributed by atoms with Crippen molar-refractivity contribution in [2.24, 2.45) is 0 Å². The molecule has 0 rings (SSSR count). The van der Waals surface area contributed by atoms with Gasteiger partial charge in [-0.2, -0.15) is 0 Å². The highest BCUT2D eigenvalue weighted by molar-refractivity contribution is 6.74. The third-order valence-electron chi connectivity index (χ3n) is 7.25. The van der Waals surface area contributed by atoms with Gasteiger partial charge >= 0.3 is 0 Å². The summed E-state index contributed by atoms with van der Waals surface area (Å²) in [5.74, 6) is 0.200. The van der Waals surface area contributed by atoms with E-state index in [1.807, 2.05) is 0 Å². The number of Topliss-reactive ketones (excluding diaryl/α,β-unsaturated/α-hetero) is 1. The molecule has 180 valence electrons. The second-order valence-corrected chi connectivity index (χ2v) is 21.8. The Morgan fingerprint density at radius 2 is 1.23 bits per heavy atom. The van der Waals surface area contributed by atoms with Gasteiger partial charge in [0.2, 0.25) is 0 Å². The van der Waals surface area contributed by atoms with Gasteiger partial charge in [0, 0.05) is 6.42 Å². The SMILES string of the molecule is CCCCCCCCC[C@H](CC(=O)CO[Si](C)(C)C(C)(C)C)O[Si](C)(C)C(C)(C)C. The van der Waals surface area contributed by atoms with Crippen LogP contribution in [0.4, 0.5) is 0 Å². The molecule has 0 aliphatic rings. The molecule has 1 atom stereocenters. The van der Waals surface area contributed by atoms with E-state index < -0.39 is 16.6 Å². The zero-order chi connectivity index (χ0) is 23.6. The fourth-order valence-corrected chi connectivity index (χ4v) is 5.26. The van der Waals surface area contributed by atoms with Crippen LogP contribution in [0, 0.1) is 0 Å². The van der Waals surface area contributed by atoms with Crippen molar-refractivity contribution >= 4 is 22.4 Å². The van der Waals surface area contributed by atoms with Crippen molar-refractivity contribution < 1.29 is 13.6 Å². The van der Waals surface area contributed by atoms with Gasteiger partial charge in [-0.25, -0.2) is 0 Å². The minimum atomic E-state index is -1.90. The first-order chi connectivity index (χ1) is 13.5. The summed E-state index contributed by atoms with van der Waals surface area (Å²) in [6.07, 6.45) is 10.6. The normalized spacial score (nSPS) is 14.8. The Morgan fingerprint density at radius 3 is 1.70 bits per heavy atom. The molecule has 0 amide bonds. The van der Waals surface area contributed by atoms with Crippen LogP contribution in [0.5, 0.6) is 0 Å². The van der Waals surface area contributed by atoms with E-state index in [1.54, 1.807) is 0 Å². The maximum Gasteiger partial charge on any atom is 0.192 e. The summed E-state index contributed by atoms with van der Waals surface area (Å²) in [4.78, 5) is 12.8. The number of carbonyl (C=O) groups is 1. The Kier molecular flexibility index (Phi) is 12.9. The van der Waals surface area contributed by atoms with E-state index in [1.165, 1.54) is 38.5 Å². The van der Waals surface area contributed by atoms with E-state index in [2.05, 4.69) is 74.7 Å². The fraction of sp³-hybridized carbons (Fsp3) is 0.960. The van der Waals surface area contributed by atoms with E-state index in [0.29, 0.717) is 6.42 Å². The molecule has 0 aliphatic carbocycles. The number of unbranched alkanes of at least 4 members (excludes halogenated alkanes) is 6. The van der Waals surface area contributed by atoms with E-state index >= 15 is 0 Å². The van der Waals surface area contributed by atoms with Crippen LogP contribution in [0.3, 0.4) is 0 Å². The molecule has 0 spiro atoms. The first-order valence-corrected chi connectivity index (χ1v) is 18.2. The minimum absolute atomic E-state index is 0.0389. The van der Waals surface area contributed by atoms with Crippen molar-refractivity contribution in [3.8, 4) is 0 Å². The monoisotopic (exact) mass is 458 g/mol. The fourth-order valence-electron chi connectivity index (χ4n) is 2.92. The summed E-state index contributed by atoms with van der Waals surface area (Å²) in [7, 11) is -3.79. The second-order valence-electron chi connectivity index (χ2n) is 12.2. The molecule has 0 saturated carbocycles. The molecule has 0 bridgehead atoms. The van der Waals surface area contributed by atoms with Gasteiger partial charge in [0.1, 0.15) is 0 Å². The van der Waals surface area contributed by atoms with Crippen LogP contribution in [0.15, 0.2) is 0 Å². The van der Waals surface area contributed by atoms with E-state index in [0.717, 1.165) is 12.8 Å². The second kappa shape index (κ2) is 12.9. The van der Waals surface area contributed by atoms with Gasteiger partial charge in [0.15, 0.2) is 22.4 Å². The molecule has 0 aromatic carbocycles. The topological polar surface area (TPSA) is 35.5 Å². The maximum atomic E-state index is 12.8. The number of carbonyl (C=O) groups excluding carboxylic acids is 1. The molecule has 0 heterocycles. The molecule has 0 aliphatic heterocycles. The molecule has 0 radical (unpaired) electrons. The van der Waals surface area contributed by atoms with Gasteiger partial charge in [-0.15, -0.1) is 0 Å². The third-order valence-corrected chi connectivity index (χ3v) is 16.3. The Hall–Kier alpha value is 0.0238. The summed E-state index contributed by atoms with van der Waals surface area (Å²) >= 11 is 0. The van der Waals surface area contributed by atoms with Crippen LogP contribution in [0.2, 0.25) is 36.3 Å². The molecule has 0 aromatic rings.